The zero-order valence-corrected chi connectivity index (χ0v) is 12.9. The van der Waals surface area contributed by atoms with Crippen LogP contribution >= 0.6 is 0 Å². The summed E-state index contributed by atoms with van der Waals surface area (Å²) in [5, 5.41) is 7.86. The summed E-state index contributed by atoms with van der Waals surface area (Å²) in [6.07, 6.45) is 1.98. The normalized spacial score (nSPS) is 13.3. The minimum Gasteiger partial charge on any atom is -0.493 e. The fraction of sp³-hybridized carbons (Fsp3) is 0.786. The molecule has 5 heteroatoms. The molecule has 1 aromatic rings. The first-order valence-corrected chi connectivity index (χ1v) is 6.97. The number of methoxy groups -OCH3 is 1. The summed E-state index contributed by atoms with van der Waals surface area (Å²) < 4.78 is 13.2. The van der Waals surface area contributed by atoms with Crippen LogP contribution in [0, 0.1) is 0 Å². The van der Waals surface area contributed by atoms with E-state index in [1.165, 1.54) is 0 Å². The van der Waals surface area contributed by atoms with Crippen molar-refractivity contribution in [3.05, 3.63) is 11.9 Å². The van der Waals surface area contributed by atoms with Crippen molar-refractivity contribution < 1.29 is 9.47 Å². The van der Waals surface area contributed by atoms with Gasteiger partial charge in [-0.15, -0.1) is 0 Å². The van der Waals surface area contributed by atoms with E-state index in [-0.39, 0.29) is 12.1 Å². The van der Waals surface area contributed by atoms with Gasteiger partial charge in [-0.2, -0.15) is 5.10 Å². The molecule has 1 aromatic heterocycles. The molecule has 1 unspecified atom stereocenters. The van der Waals surface area contributed by atoms with Crippen LogP contribution in [0.15, 0.2) is 6.20 Å². The van der Waals surface area contributed by atoms with E-state index in [2.05, 4.69) is 31.2 Å². The van der Waals surface area contributed by atoms with Gasteiger partial charge < -0.3 is 14.8 Å². The predicted octanol–water partition coefficient (Wildman–Crippen LogP) is 2.55. The number of rotatable bonds is 8. The standard InChI is InChI=1S/C14H27N3O2/c1-7-15-12(9-19-11(4)5)14-13(18-6)8-16-17(14)10(2)3/h8,10-12,15H,7,9H2,1-6H3. The van der Waals surface area contributed by atoms with E-state index < -0.39 is 0 Å². The Morgan fingerprint density at radius 1 is 1.32 bits per heavy atom. The molecule has 0 bridgehead atoms. The molecule has 0 radical (unpaired) electrons. The smallest absolute Gasteiger partial charge is 0.161 e. The van der Waals surface area contributed by atoms with Crippen molar-refractivity contribution in [2.24, 2.45) is 0 Å². The fourth-order valence-corrected chi connectivity index (χ4v) is 2.03. The maximum atomic E-state index is 5.76. The molecule has 0 amide bonds. The molecule has 1 rings (SSSR count). The number of likely N-dealkylation sites (N-methyl/N-ethyl adjacent to an activating group) is 1. The summed E-state index contributed by atoms with van der Waals surface area (Å²) in [6, 6.07) is 0.381. The molecular weight excluding hydrogens is 242 g/mol. The molecule has 19 heavy (non-hydrogen) atoms. The van der Waals surface area contributed by atoms with Gasteiger partial charge in [0.25, 0.3) is 0 Å². The third-order valence-electron chi connectivity index (χ3n) is 2.88. The van der Waals surface area contributed by atoms with Gasteiger partial charge >= 0.3 is 0 Å². The van der Waals surface area contributed by atoms with E-state index in [1.807, 2.05) is 18.5 Å². The van der Waals surface area contributed by atoms with E-state index in [0.717, 1.165) is 18.0 Å². The first kappa shape index (κ1) is 16.0. The largest absolute Gasteiger partial charge is 0.493 e. The third kappa shape index (κ3) is 4.21. The monoisotopic (exact) mass is 269 g/mol. The van der Waals surface area contributed by atoms with Gasteiger partial charge in [0.1, 0.15) is 0 Å². The van der Waals surface area contributed by atoms with Crippen LogP contribution in [0.25, 0.3) is 0 Å². The molecule has 0 aliphatic carbocycles. The molecular formula is C14H27N3O2. The Kier molecular flexibility index (Phi) is 6.31. The summed E-state index contributed by atoms with van der Waals surface area (Å²) >= 11 is 0. The summed E-state index contributed by atoms with van der Waals surface area (Å²) in [6.45, 7) is 11.9. The van der Waals surface area contributed by atoms with Gasteiger partial charge in [0.2, 0.25) is 0 Å². The molecule has 0 aliphatic rings. The van der Waals surface area contributed by atoms with Crippen molar-refractivity contribution in [3.8, 4) is 5.75 Å². The summed E-state index contributed by atoms with van der Waals surface area (Å²) in [5.74, 6) is 0.812. The highest BCUT2D eigenvalue weighted by Gasteiger charge is 2.23. The number of aromatic nitrogens is 2. The minimum absolute atomic E-state index is 0.0900. The highest BCUT2D eigenvalue weighted by Crippen LogP contribution is 2.27. The Hall–Kier alpha value is -1.07. The van der Waals surface area contributed by atoms with Crippen LogP contribution in [-0.4, -0.2) is 36.1 Å². The molecule has 110 valence electrons. The quantitative estimate of drug-likeness (QED) is 0.788. The van der Waals surface area contributed by atoms with Crippen molar-refractivity contribution >= 4 is 0 Å². The number of ether oxygens (including phenoxy) is 2. The van der Waals surface area contributed by atoms with Gasteiger partial charge in [0.05, 0.1) is 37.8 Å². The Morgan fingerprint density at radius 3 is 2.47 bits per heavy atom. The fourth-order valence-electron chi connectivity index (χ4n) is 2.03. The molecule has 5 nitrogen and oxygen atoms in total. The third-order valence-corrected chi connectivity index (χ3v) is 2.88. The lowest BCUT2D eigenvalue weighted by molar-refractivity contribution is 0.0589. The van der Waals surface area contributed by atoms with Crippen LogP contribution < -0.4 is 10.1 Å². The van der Waals surface area contributed by atoms with Crippen molar-refractivity contribution in [3.63, 3.8) is 0 Å². The lowest BCUT2D eigenvalue weighted by atomic mass is 10.2. The van der Waals surface area contributed by atoms with Crippen LogP contribution in [0.3, 0.4) is 0 Å². The second-order valence-corrected chi connectivity index (χ2v) is 5.13. The van der Waals surface area contributed by atoms with Gasteiger partial charge in [-0.1, -0.05) is 6.92 Å². The van der Waals surface area contributed by atoms with Crippen LogP contribution in [0.2, 0.25) is 0 Å². The molecule has 0 fully saturated rings. The van der Waals surface area contributed by atoms with Gasteiger partial charge in [-0.25, -0.2) is 0 Å². The lowest BCUT2D eigenvalue weighted by Gasteiger charge is -2.23. The predicted molar refractivity (Wildman–Crippen MR) is 76.7 cm³/mol. The number of hydrogen-bond acceptors (Lipinski definition) is 4. The van der Waals surface area contributed by atoms with E-state index in [9.17, 15) is 0 Å². The summed E-state index contributed by atoms with van der Waals surface area (Å²) in [4.78, 5) is 0. The van der Waals surface area contributed by atoms with Crippen LogP contribution in [0.4, 0.5) is 0 Å². The molecule has 0 saturated heterocycles. The SMILES string of the molecule is CCNC(COC(C)C)c1c(OC)cnn1C(C)C. The summed E-state index contributed by atoms with van der Waals surface area (Å²) in [5.41, 5.74) is 1.06. The highest BCUT2D eigenvalue weighted by molar-refractivity contribution is 5.29. The molecule has 0 aliphatic heterocycles. The Balaban J connectivity index is 3.01. The van der Waals surface area contributed by atoms with E-state index in [1.54, 1.807) is 13.3 Å². The molecule has 0 aromatic carbocycles. The Bertz CT molecular complexity index is 375. The van der Waals surface area contributed by atoms with Crippen LogP contribution in [0.1, 0.15) is 52.4 Å². The Labute approximate surface area is 116 Å². The van der Waals surface area contributed by atoms with E-state index in [4.69, 9.17) is 9.47 Å². The van der Waals surface area contributed by atoms with Gasteiger partial charge in [0.15, 0.2) is 5.75 Å². The van der Waals surface area contributed by atoms with Crippen LogP contribution in [0.5, 0.6) is 5.75 Å². The van der Waals surface area contributed by atoms with Gasteiger partial charge in [-0.3, -0.25) is 4.68 Å². The van der Waals surface area contributed by atoms with Crippen molar-refractivity contribution in [1.82, 2.24) is 15.1 Å². The Morgan fingerprint density at radius 2 is 2.00 bits per heavy atom. The van der Waals surface area contributed by atoms with E-state index in [0.29, 0.717) is 12.6 Å². The average Bonchev–Trinajstić information content (AvgIpc) is 2.77. The second-order valence-electron chi connectivity index (χ2n) is 5.13. The topological polar surface area (TPSA) is 48.3 Å². The molecule has 0 saturated carbocycles. The average molecular weight is 269 g/mol. The van der Waals surface area contributed by atoms with Crippen molar-refractivity contribution in [1.29, 1.82) is 0 Å². The second kappa shape index (κ2) is 7.50. The van der Waals surface area contributed by atoms with Crippen molar-refractivity contribution in [2.75, 3.05) is 20.3 Å². The molecule has 0 spiro atoms. The summed E-state index contributed by atoms with van der Waals surface area (Å²) in [7, 11) is 1.68. The molecule has 1 heterocycles. The van der Waals surface area contributed by atoms with Crippen LogP contribution in [-0.2, 0) is 4.74 Å². The molecule has 1 N–H and O–H groups in total. The lowest BCUT2D eigenvalue weighted by Crippen LogP contribution is -2.29. The van der Waals surface area contributed by atoms with Gasteiger partial charge in [-0.05, 0) is 34.2 Å². The first-order chi connectivity index (χ1) is 9.01. The van der Waals surface area contributed by atoms with E-state index >= 15 is 0 Å². The zero-order valence-electron chi connectivity index (χ0n) is 12.9. The molecule has 1 atom stereocenters. The van der Waals surface area contributed by atoms with Crippen molar-refractivity contribution in [2.45, 2.75) is 52.8 Å². The number of nitrogens with zero attached hydrogens (tertiary/aromatic N) is 2. The zero-order chi connectivity index (χ0) is 14.4. The minimum atomic E-state index is 0.0900. The maximum Gasteiger partial charge on any atom is 0.161 e. The maximum absolute atomic E-state index is 5.76. The first-order valence-electron chi connectivity index (χ1n) is 6.97. The highest BCUT2D eigenvalue weighted by atomic mass is 16.5. The number of hydrogen-bond donors (Lipinski definition) is 1. The number of nitrogens with one attached hydrogen (secondary N) is 1. The van der Waals surface area contributed by atoms with Gasteiger partial charge in [0, 0.05) is 6.04 Å².